The lowest BCUT2D eigenvalue weighted by Crippen LogP contribution is -2.00. The molecule has 0 fully saturated rings. The molecule has 2 rings (SSSR count). The highest BCUT2D eigenvalue weighted by atomic mass is 16.6. The zero-order valence-electron chi connectivity index (χ0n) is 12.0. The number of benzene rings is 2. The molecule has 0 saturated carbocycles. The fourth-order valence-corrected chi connectivity index (χ4v) is 1.79. The summed E-state index contributed by atoms with van der Waals surface area (Å²) >= 11 is 0. The summed E-state index contributed by atoms with van der Waals surface area (Å²) in [6.07, 6.45) is 0. The van der Waals surface area contributed by atoms with E-state index >= 15 is 0 Å². The molecule has 0 heterocycles. The minimum absolute atomic E-state index is 0.257. The lowest BCUT2D eigenvalue weighted by atomic mass is 10.1. The van der Waals surface area contributed by atoms with Gasteiger partial charge in [-0.15, -0.1) is 0 Å². The predicted octanol–water partition coefficient (Wildman–Crippen LogP) is 3.63. The van der Waals surface area contributed by atoms with Gasteiger partial charge in [-0.1, -0.05) is 47.1 Å². The third-order valence-corrected chi connectivity index (χ3v) is 3.10. The van der Waals surface area contributed by atoms with Gasteiger partial charge in [0.15, 0.2) is 0 Å². The van der Waals surface area contributed by atoms with Crippen LogP contribution in [0.5, 0.6) is 0 Å². The molecule has 0 bridgehead atoms. The maximum absolute atomic E-state index is 10.8. The van der Waals surface area contributed by atoms with Crippen LogP contribution < -0.4 is 0 Å². The topological polar surface area (TPSA) is 58.9 Å². The van der Waals surface area contributed by atoms with Crippen molar-refractivity contribution in [1.29, 1.82) is 0 Å². The third-order valence-electron chi connectivity index (χ3n) is 3.10. The van der Waals surface area contributed by atoms with Gasteiger partial charge < -0.3 is 9.94 Å². The Hall–Kier alpha value is -2.62. The molecule has 0 spiro atoms. The molecule has 1 N–H and O–H groups in total. The Morgan fingerprint density at radius 1 is 1.05 bits per heavy atom. The van der Waals surface area contributed by atoms with Gasteiger partial charge >= 0.3 is 5.97 Å². The van der Waals surface area contributed by atoms with E-state index in [1.165, 1.54) is 5.56 Å². The molecule has 21 heavy (non-hydrogen) atoms. The van der Waals surface area contributed by atoms with Crippen molar-refractivity contribution in [3.63, 3.8) is 0 Å². The summed E-state index contributed by atoms with van der Waals surface area (Å²) in [7, 11) is 0. The Morgan fingerprint density at radius 2 is 1.62 bits per heavy atom. The molecular formula is C17H17NO3. The van der Waals surface area contributed by atoms with Gasteiger partial charge in [0, 0.05) is 0 Å². The fourth-order valence-electron chi connectivity index (χ4n) is 1.79. The minimum Gasteiger partial charge on any atom is -0.478 e. The van der Waals surface area contributed by atoms with Crippen molar-refractivity contribution in [2.24, 2.45) is 5.16 Å². The summed E-state index contributed by atoms with van der Waals surface area (Å²) in [6.45, 7) is 4.27. The number of carbonyl (C=O) groups is 1. The number of hydrogen-bond acceptors (Lipinski definition) is 3. The average molecular weight is 283 g/mol. The summed E-state index contributed by atoms with van der Waals surface area (Å²) in [6, 6.07) is 14.6. The molecule has 2 aromatic rings. The number of carboxylic acid groups (broad SMARTS) is 1. The second-order valence-electron chi connectivity index (χ2n) is 4.82. The van der Waals surface area contributed by atoms with Crippen LogP contribution in [0.3, 0.4) is 0 Å². The number of rotatable bonds is 5. The predicted molar refractivity (Wildman–Crippen MR) is 81.6 cm³/mol. The molecule has 108 valence electrons. The van der Waals surface area contributed by atoms with Crippen molar-refractivity contribution in [3.8, 4) is 0 Å². The van der Waals surface area contributed by atoms with Gasteiger partial charge in [-0.05, 0) is 37.1 Å². The second kappa shape index (κ2) is 6.70. The van der Waals surface area contributed by atoms with Gasteiger partial charge in [0.05, 0.1) is 11.3 Å². The van der Waals surface area contributed by atoms with Gasteiger partial charge in [-0.2, -0.15) is 0 Å². The van der Waals surface area contributed by atoms with Crippen LogP contribution in [0.2, 0.25) is 0 Å². The quantitative estimate of drug-likeness (QED) is 0.673. The van der Waals surface area contributed by atoms with Crippen molar-refractivity contribution in [2.45, 2.75) is 20.5 Å². The Kier molecular flexibility index (Phi) is 4.72. The molecule has 0 unspecified atom stereocenters. The van der Waals surface area contributed by atoms with Crippen molar-refractivity contribution in [1.82, 2.24) is 0 Å². The van der Waals surface area contributed by atoms with Gasteiger partial charge in [0.2, 0.25) is 0 Å². The molecule has 0 atom stereocenters. The summed E-state index contributed by atoms with van der Waals surface area (Å²) in [5, 5.41) is 12.9. The molecule has 0 saturated heterocycles. The van der Waals surface area contributed by atoms with Crippen molar-refractivity contribution >= 4 is 11.7 Å². The Balaban J connectivity index is 1.97. The Labute approximate surface area is 123 Å². The van der Waals surface area contributed by atoms with E-state index in [0.717, 1.165) is 11.1 Å². The normalized spacial score (nSPS) is 11.2. The number of nitrogens with zero attached hydrogens (tertiary/aromatic N) is 1. The first kappa shape index (κ1) is 14.8. The van der Waals surface area contributed by atoms with E-state index in [0.29, 0.717) is 12.3 Å². The van der Waals surface area contributed by atoms with Crippen LogP contribution in [-0.2, 0) is 11.4 Å². The Bertz CT molecular complexity index is 643. The highest BCUT2D eigenvalue weighted by Gasteiger charge is 2.03. The largest absolute Gasteiger partial charge is 0.478 e. The van der Waals surface area contributed by atoms with Crippen LogP contribution in [0, 0.1) is 6.92 Å². The second-order valence-corrected chi connectivity index (χ2v) is 4.82. The van der Waals surface area contributed by atoms with E-state index < -0.39 is 5.97 Å². The maximum Gasteiger partial charge on any atom is 0.335 e. The summed E-state index contributed by atoms with van der Waals surface area (Å²) in [5.74, 6) is -0.938. The van der Waals surface area contributed by atoms with Crippen LogP contribution in [0.15, 0.2) is 53.7 Å². The van der Waals surface area contributed by atoms with Crippen LogP contribution >= 0.6 is 0 Å². The lowest BCUT2D eigenvalue weighted by molar-refractivity contribution is 0.0697. The molecule has 0 aliphatic carbocycles. The van der Waals surface area contributed by atoms with E-state index in [1.807, 2.05) is 38.1 Å². The van der Waals surface area contributed by atoms with Crippen LogP contribution in [0.25, 0.3) is 0 Å². The highest BCUT2D eigenvalue weighted by molar-refractivity contribution is 5.99. The first-order chi connectivity index (χ1) is 10.1. The van der Waals surface area contributed by atoms with E-state index in [4.69, 9.17) is 9.94 Å². The van der Waals surface area contributed by atoms with E-state index in [9.17, 15) is 4.79 Å². The molecule has 0 aromatic heterocycles. The number of oxime groups is 1. The number of carboxylic acids is 1. The zero-order chi connectivity index (χ0) is 15.2. The molecule has 0 radical (unpaired) electrons. The van der Waals surface area contributed by atoms with Crippen molar-refractivity contribution in [3.05, 3.63) is 70.8 Å². The average Bonchev–Trinajstić information content (AvgIpc) is 2.49. The summed E-state index contributed by atoms with van der Waals surface area (Å²) in [4.78, 5) is 16.1. The smallest absolute Gasteiger partial charge is 0.335 e. The van der Waals surface area contributed by atoms with Gasteiger partial charge in [-0.25, -0.2) is 4.79 Å². The van der Waals surface area contributed by atoms with Crippen LogP contribution in [-0.4, -0.2) is 16.8 Å². The fraction of sp³-hybridized carbons (Fsp3) is 0.176. The van der Waals surface area contributed by atoms with Crippen molar-refractivity contribution in [2.75, 3.05) is 0 Å². The molecule has 4 nitrogen and oxygen atoms in total. The van der Waals surface area contributed by atoms with E-state index in [2.05, 4.69) is 5.16 Å². The third kappa shape index (κ3) is 4.18. The Morgan fingerprint density at radius 3 is 2.19 bits per heavy atom. The molecule has 2 aromatic carbocycles. The maximum atomic E-state index is 10.8. The van der Waals surface area contributed by atoms with Crippen LogP contribution in [0.1, 0.15) is 34.0 Å². The molecule has 0 aliphatic heterocycles. The molecule has 0 aliphatic rings. The first-order valence-corrected chi connectivity index (χ1v) is 6.62. The van der Waals surface area contributed by atoms with E-state index in [-0.39, 0.29) is 5.56 Å². The monoisotopic (exact) mass is 283 g/mol. The van der Waals surface area contributed by atoms with Gasteiger partial charge in [-0.3, -0.25) is 0 Å². The zero-order valence-corrected chi connectivity index (χ0v) is 12.0. The summed E-state index contributed by atoms with van der Waals surface area (Å²) in [5.41, 5.74) is 4.06. The number of hydrogen-bond donors (Lipinski definition) is 1. The SMILES string of the molecule is C/C(=N\OCc1ccc(C)cc1)c1ccc(C(=O)O)cc1. The van der Waals surface area contributed by atoms with E-state index in [1.54, 1.807) is 24.3 Å². The highest BCUT2D eigenvalue weighted by Crippen LogP contribution is 2.08. The van der Waals surface area contributed by atoms with Gasteiger partial charge in [0.25, 0.3) is 0 Å². The lowest BCUT2D eigenvalue weighted by Gasteiger charge is -2.04. The molecule has 4 heteroatoms. The van der Waals surface area contributed by atoms with Crippen LogP contribution in [0.4, 0.5) is 0 Å². The minimum atomic E-state index is -0.938. The first-order valence-electron chi connectivity index (χ1n) is 6.62. The number of aryl methyl sites for hydroxylation is 1. The molecule has 0 amide bonds. The summed E-state index contributed by atoms with van der Waals surface area (Å²) < 4.78 is 0. The molecular weight excluding hydrogens is 266 g/mol. The number of aromatic carboxylic acids is 1. The van der Waals surface area contributed by atoms with Gasteiger partial charge in [0.1, 0.15) is 6.61 Å². The standard InChI is InChI=1S/C17H17NO3/c1-12-3-5-14(6-4-12)11-21-18-13(2)15-7-9-16(10-8-15)17(19)20/h3-10H,11H2,1-2H3,(H,19,20)/b18-13+. The van der Waals surface area contributed by atoms with Crippen molar-refractivity contribution < 1.29 is 14.7 Å².